The third-order valence-electron chi connectivity index (χ3n) is 10.5. The maximum absolute atomic E-state index is 13.2. The van der Waals surface area contributed by atoms with Crippen molar-refractivity contribution in [1.29, 1.82) is 0 Å². The van der Waals surface area contributed by atoms with Gasteiger partial charge in [-0.15, -0.1) is 0 Å². The van der Waals surface area contributed by atoms with Gasteiger partial charge in [0.1, 0.15) is 42.7 Å². The molecule has 2 aliphatic rings. The molecule has 374 valence electrons. The molecular weight excluding hydrogens is 876 g/mol. The largest absolute Gasteiger partial charge is 0.477 e. The molecule has 0 aromatic carbocycles. The minimum atomic E-state index is -3.32. The van der Waals surface area contributed by atoms with Crippen molar-refractivity contribution in [1.82, 2.24) is 10.6 Å². The van der Waals surface area contributed by atoms with E-state index in [1.54, 1.807) is 0 Å². The highest BCUT2D eigenvalue weighted by atomic mass is 16.8. The van der Waals surface area contributed by atoms with Crippen molar-refractivity contribution < 1.29 is 129 Å². The summed E-state index contributed by atoms with van der Waals surface area (Å²) in [5.41, 5.74) is 0. The number of ether oxygens (including phenoxy) is 7. The van der Waals surface area contributed by atoms with Crippen molar-refractivity contribution >= 4 is 23.8 Å². The summed E-state index contributed by atoms with van der Waals surface area (Å²) in [5, 5.41) is 163. The van der Waals surface area contributed by atoms with Gasteiger partial charge in [-0.05, 0) is 12.8 Å². The Balaban J connectivity index is 2.68. The lowest BCUT2D eigenvalue weighted by molar-refractivity contribution is -0.357. The van der Waals surface area contributed by atoms with E-state index in [0.717, 1.165) is 28.1 Å². The van der Waals surface area contributed by atoms with E-state index in [-0.39, 0.29) is 0 Å². The Bertz CT molecular complexity index is 1470. The fraction of sp³-hybridized carbons (Fsp3) is 0.889. The van der Waals surface area contributed by atoms with E-state index in [1.807, 2.05) is 0 Å². The van der Waals surface area contributed by atoms with Crippen molar-refractivity contribution in [2.75, 3.05) is 40.6 Å². The molecule has 19 atom stereocenters. The second kappa shape index (κ2) is 25.8. The Morgan fingerprint density at radius 1 is 0.688 bits per heavy atom. The highest BCUT2D eigenvalue weighted by Crippen LogP contribution is 2.39. The van der Waals surface area contributed by atoms with E-state index in [4.69, 9.17) is 28.4 Å². The van der Waals surface area contributed by atoms with Crippen LogP contribution in [-0.2, 0) is 52.3 Å². The van der Waals surface area contributed by atoms with Crippen LogP contribution in [0.15, 0.2) is 0 Å². The molecule has 2 amide bonds. The molecule has 17 N–H and O–H groups in total. The van der Waals surface area contributed by atoms with Crippen LogP contribution in [0.2, 0.25) is 0 Å². The average molecular weight is 941 g/mol. The molecule has 2 saturated heterocycles. The van der Waals surface area contributed by atoms with Crippen molar-refractivity contribution in [2.45, 2.75) is 162 Å². The monoisotopic (exact) mass is 940 g/mol. The second-order valence-electron chi connectivity index (χ2n) is 15.3. The van der Waals surface area contributed by atoms with Gasteiger partial charge in [0.2, 0.25) is 11.8 Å². The number of carbonyl (C=O) groups excluding carboxylic acids is 2. The molecule has 28 heteroatoms. The zero-order valence-electron chi connectivity index (χ0n) is 35.4. The third-order valence-corrected chi connectivity index (χ3v) is 10.5. The number of hydrogen-bond donors (Lipinski definition) is 17. The van der Waals surface area contributed by atoms with Crippen LogP contribution < -0.4 is 10.6 Å². The highest BCUT2D eigenvalue weighted by Gasteiger charge is 2.60. The van der Waals surface area contributed by atoms with E-state index in [2.05, 4.69) is 15.4 Å². The van der Waals surface area contributed by atoms with Crippen LogP contribution in [0.4, 0.5) is 0 Å². The first-order valence-corrected chi connectivity index (χ1v) is 19.9. The Labute approximate surface area is 365 Å². The second-order valence-corrected chi connectivity index (χ2v) is 15.3. The molecule has 0 aliphatic carbocycles. The number of hydrogen-bond acceptors (Lipinski definition) is 24. The number of aliphatic hydroxyl groups excluding tert-OH is 13. The van der Waals surface area contributed by atoms with Crippen LogP contribution in [0.25, 0.3) is 0 Å². The number of carboxylic acid groups (broad SMARTS) is 2. The van der Waals surface area contributed by atoms with Crippen molar-refractivity contribution in [3.05, 3.63) is 0 Å². The van der Waals surface area contributed by atoms with Crippen LogP contribution in [-0.4, -0.2) is 257 Å². The minimum absolute atomic E-state index is 0.507. The molecule has 2 fully saturated rings. The Hall–Kier alpha value is -2.92. The quantitative estimate of drug-likeness (QED) is 0.0324. The first-order chi connectivity index (χ1) is 29.9. The van der Waals surface area contributed by atoms with Crippen LogP contribution in [0, 0.1) is 0 Å². The minimum Gasteiger partial charge on any atom is -0.477 e. The van der Waals surface area contributed by atoms with E-state index in [9.17, 15) is 95.8 Å². The summed E-state index contributed by atoms with van der Waals surface area (Å²) in [4.78, 5) is 50.4. The van der Waals surface area contributed by atoms with E-state index < -0.39 is 198 Å². The van der Waals surface area contributed by atoms with Gasteiger partial charge >= 0.3 is 11.9 Å². The first kappa shape index (κ1) is 57.2. The number of aliphatic carboxylic acids is 2. The molecule has 10 unspecified atom stereocenters. The van der Waals surface area contributed by atoms with E-state index in [0.29, 0.717) is 0 Å². The smallest absolute Gasteiger partial charge is 0.364 e. The van der Waals surface area contributed by atoms with E-state index in [1.165, 1.54) is 0 Å². The lowest BCUT2D eigenvalue weighted by atomic mass is 9.87. The third kappa shape index (κ3) is 14.5. The van der Waals surface area contributed by atoms with Gasteiger partial charge in [-0.1, -0.05) is 0 Å². The van der Waals surface area contributed by atoms with Gasteiger partial charge in [-0.25, -0.2) is 9.59 Å². The van der Waals surface area contributed by atoms with Gasteiger partial charge in [-0.3, -0.25) is 9.59 Å². The molecule has 0 saturated carbocycles. The summed E-state index contributed by atoms with van der Waals surface area (Å²) < 4.78 is 38.1. The number of rotatable bonds is 28. The molecule has 2 aliphatic heterocycles. The first-order valence-electron chi connectivity index (χ1n) is 19.9. The molecule has 0 aromatic rings. The van der Waals surface area contributed by atoms with Crippen LogP contribution in [0.1, 0.15) is 46.0 Å². The summed E-state index contributed by atoms with van der Waals surface area (Å²) >= 11 is 0. The molecular formula is C36H64N2O26. The topological polar surface area (TPSA) is 460 Å². The van der Waals surface area contributed by atoms with Gasteiger partial charge < -0.3 is 120 Å². The molecule has 0 spiro atoms. The maximum atomic E-state index is 13.2. The zero-order chi connectivity index (χ0) is 48.9. The van der Waals surface area contributed by atoms with Gasteiger partial charge in [0, 0.05) is 60.5 Å². The molecule has 2 heterocycles. The Kier molecular flexibility index (Phi) is 23.1. The number of amides is 2. The number of aliphatic hydroxyl groups is 13. The zero-order valence-corrected chi connectivity index (χ0v) is 35.4. The molecule has 2 rings (SSSR count). The maximum Gasteiger partial charge on any atom is 0.364 e. The fourth-order valence-corrected chi connectivity index (χ4v) is 7.30. The lowest BCUT2D eigenvalue weighted by Gasteiger charge is -2.50. The summed E-state index contributed by atoms with van der Waals surface area (Å²) in [6.07, 6.45) is -35.1. The number of nitrogens with one attached hydrogen (secondary N) is 2. The predicted molar refractivity (Wildman–Crippen MR) is 204 cm³/mol. The van der Waals surface area contributed by atoms with Crippen molar-refractivity contribution in [2.24, 2.45) is 0 Å². The number of carboxylic acids is 2. The Morgan fingerprint density at radius 3 is 1.69 bits per heavy atom. The average Bonchev–Trinajstić information content (AvgIpc) is 3.23. The molecule has 0 aromatic heterocycles. The van der Waals surface area contributed by atoms with Gasteiger partial charge in [0.15, 0.2) is 12.6 Å². The van der Waals surface area contributed by atoms with Gasteiger partial charge in [0.25, 0.3) is 11.6 Å². The van der Waals surface area contributed by atoms with Gasteiger partial charge in [0.05, 0.1) is 61.9 Å². The standard InChI is InChI=1S/C36H64N2O26/c1-14(43)37-23-18(47)10-35(33(54)55,61-21(23)9-16(45)12-41)62-22(13-42)26(50)30-24(38-15(2)44)19(48)11-36(64-30,34(56)57)63-29(17(46)5-7-39)28(52)32(59-4)60-20(6-8-40)25(49)27(51)31(53)58-3/h16-32,39-42,45-53H,5-13H2,1-4H3,(H,37,43)(H,38,44)(H,54,55)(H,56,57)/t16?,17-,18?,19?,20+,21?,22+,23+,24?,25?,26+,27?,28?,29?,30?,31+,32-,35-,36+/m0/s1. The molecule has 0 radical (unpaired) electrons. The lowest BCUT2D eigenvalue weighted by Crippen LogP contribution is -2.70. The van der Waals surface area contributed by atoms with Crippen LogP contribution in [0.3, 0.4) is 0 Å². The van der Waals surface area contributed by atoms with Crippen LogP contribution >= 0.6 is 0 Å². The SMILES string of the molecule is CO[C@@H](O[C@H](CCO)C(O)C(O)[C@H](O)OC)C(O)C(O[C@]1(C(=O)O)CC(O)C(NC(C)=O)C([C@H](O)[C@@H](CO)O[C@]2(C(=O)O)CC(O)[C@@H](NC(C)=O)C(CC(O)CO)O2)O1)[C@@H](O)CCO. The van der Waals surface area contributed by atoms with Gasteiger partial charge in [-0.2, -0.15) is 0 Å². The van der Waals surface area contributed by atoms with Crippen molar-refractivity contribution in [3.8, 4) is 0 Å². The summed E-state index contributed by atoms with van der Waals surface area (Å²) in [6, 6.07) is -3.26. The Morgan fingerprint density at radius 2 is 1.22 bits per heavy atom. The number of methoxy groups -OCH3 is 2. The normalized spacial score (nSPS) is 31.5. The predicted octanol–water partition coefficient (Wildman–Crippen LogP) is -8.75. The summed E-state index contributed by atoms with van der Waals surface area (Å²) in [6.45, 7) is -1.83. The molecule has 0 bridgehead atoms. The van der Waals surface area contributed by atoms with Crippen molar-refractivity contribution in [3.63, 3.8) is 0 Å². The fourth-order valence-electron chi connectivity index (χ4n) is 7.30. The highest BCUT2D eigenvalue weighted by molar-refractivity contribution is 5.77. The molecule has 28 nitrogen and oxygen atoms in total. The van der Waals surface area contributed by atoms with Crippen LogP contribution in [0.5, 0.6) is 0 Å². The number of carbonyl (C=O) groups is 4. The van der Waals surface area contributed by atoms with E-state index >= 15 is 0 Å². The molecule has 64 heavy (non-hydrogen) atoms. The summed E-state index contributed by atoms with van der Waals surface area (Å²) in [5.74, 6) is -12.2. The summed E-state index contributed by atoms with van der Waals surface area (Å²) in [7, 11) is 1.89.